The van der Waals surface area contributed by atoms with Gasteiger partial charge in [-0.1, -0.05) is 33.1 Å². The molecule has 50 heavy (non-hydrogen) atoms. The number of nitrogens with zero attached hydrogens (tertiary/aromatic N) is 1. The summed E-state index contributed by atoms with van der Waals surface area (Å²) in [5, 5.41) is -1.61. The summed E-state index contributed by atoms with van der Waals surface area (Å²) in [4.78, 5) is 25.0. The van der Waals surface area contributed by atoms with E-state index in [1.807, 2.05) is 6.92 Å². The van der Waals surface area contributed by atoms with E-state index in [1.54, 1.807) is 28.1 Å². The third kappa shape index (κ3) is 10.6. The average molecular weight is 795 g/mol. The van der Waals surface area contributed by atoms with E-state index < -0.39 is 84.3 Å². The lowest BCUT2D eigenvalue weighted by Gasteiger charge is -2.42. The molecule has 0 saturated heterocycles. The molecule has 23 heteroatoms. The van der Waals surface area contributed by atoms with Gasteiger partial charge in [0.1, 0.15) is 5.25 Å². The Kier molecular flexibility index (Phi) is 16.2. The van der Waals surface area contributed by atoms with Crippen molar-refractivity contribution in [3.63, 3.8) is 0 Å². The van der Waals surface area contributed by atoms with Crippen LogP contribution in [0.1, 0.15) is 52.4 Å². The van der Waals surface area contributed by atoms with Crippen LogP contribution in [0.3, 0.4) is 0 Å². The molecule has 0 amide bonds. The Hall–Kier alpha value is -1.94. The van der Waals surface area contributed by atoms with Crippen LogP contribution >= 0.6 is 11.8 Å². The van der Waals surface area contributed by atoms with Crippen LogP contribution in [0.25, 0.3) is 0 Å². The van der Waals surface area contributed by atoms with E-state index in [9.17, 15) is 84.2 Å². The van der Waals surface area contributed by atoms with Crippen molar-refractivity contribution in [2.45, 2.75) is 105 Å². The second-order valence-corrected chi connectivity index (χ2v) is 13.6. The minimum Gasteiger partial charge on any atom is -0.465 e. The number of hydrogen-bond donors (Lipinski definition) is 0. The summed E-state index contributed by atoms with van der Waals surface area (Å²) in [5.41, 5.74) is 0. The summed E-state index contributed by atoms with van der Waals surface area (Å²) >= 11 is 0.677. The minimum atomic E-state index is -8.73. The van der Waals surface area contributed by atoms with Crippen molar-refractivity contribution in [3.8, 4) is 0 Å². The SMILES string of the molecule is CCCCC(CC)COC(=O)CC(SCC[N+](C)(C)C)C(=O)OCCC(F)(F)C(F)(F)C(F)(F)C(F)(F)C(F)(F)C(F)(F)C(F)(F)C(F)(F)F. The van der Waals surface area contributed by atoms with Crippen LogP contribution in [0.2, 0.25) is 0 Å². The third-order valence-corrected chi connectivity index (χ3v) is 8.35. The molecule has 0 rings (SSSR count). The molecular formula is C27H37F17NO4S+. The highest BCUT2D eigenvalue weighted by Gasteiger charge is 2.95. The Morgan fingerprint density at radius 1 is 0.680 bits per heavy atom. The van der Waals surface area contributed by atoms with Crippen LogP contribution in [-0.2, 0) is 19.1 Å². The molecule has 2 unspecified atom stereocenters. The van der Waals surface area contributed by atoms with Gasteiger partial charge < -0.3 is 14.0 Å². The molecule has 0 aliphatic heterocycles. The molecule has 0 N–H and O–H groups in total. The predicted octanol–water partition coefficient (Wildman–Crippen LogP) is 8.89. The number of rotatable bonds is 22. The number of hydrogen-bond acceptors (Lipinski definition) is 5. The number of carbonyl (C=O) groups is 2. The van der Waals surface area contributed by atoms with Gasteiger partial charge in [0.25, 0.3) is 0 Å². The fourth-order valence-corrected chi connectivity index (χ4v) is 5.12. The standard InChI is InChI=1S/C27H37F17NO4S/c1-6-8-9-16(7-2)15-49-18(46)14-17(50-13-11-45(3,4)5)19(47)48-12-10-20(28,29)21(30,31)22(32,33)23(34,35)24(36,37)25(38,39)26(40,41)27(42,43)44/h16-17H,6-15H2,1-5H3/q+1. The number of thioether (sulfide) groups is 1. The third-order valence-electron chi connectivity index (χ3n) is 7.17. The van der Waals surface area contributed by atoms with E-state index >= 15 is 0 Å². The van der Waals surface area contributed by atoms with Crippen LogP contribution in [-0.4, -0.2) is 116 Å². The molecule has 0 fully saturated rings. The van der Waals surface area contributed by atoms with E-state index in [0.29, 0.717) is 31.1 Å². The van der Waals surface area contributed by atoms with Crippen molar-refractivity contribution in [2.75, 3.05) is 46.7 Å². The lowest BCUT2D eigenvalue weighted by Crippen LogP contribution is -2.74. The predicted molar refractivity (Wildman–Crippen MR) is 144 cm³/mol. The van der Waals surface area contributed by atoms with Crippen LogP contribution in [0, 0.1) is 5.92 Å². The molecule has 0 spiro atoms. The summed E-state index contributed by atoms with van der Waals surface area (Å²) in [6.45, 7) is 1.84. The van der Waals surface area contributed by atoms with Gasteiger partial charge in [-0.3, -0.25) is 9.59 Å². The molecule has 2 atom stereocenters. The number of unbranched alkanes of at least 4 members (excludes halogenated alkanes) is 1. The molecule has 0 aromatic heterocycles. The number of halogens is 17. The van der Waals surface area contributed by atoms with Crippen molar-refractivity contribution < 1.29 is 98.2 Å². The largest absolute Gasteiger partial charge is 0.465 e. The molecule has 5 nitrogen and oxygen atoms in total. The quantitative estimate of drug-likeness (QED) is 0.0623. The van der Waals surface area contributed by atoms with E-state index in [0.717, 1.165) is 12.8 Å². The highest BCUT2D eigenvalue weighted by Crippen LogP contribution is 2.64. The van der Waals surface area contributed by atoms with Crippen molar-refractivity contribution in [1.29, 1.82) is 0 Å². The Bertz CT molecular complexity index is 1110. The van der Waals surface area contributed by atoms with Gasteiger partial charge in [-0.15, -0.1) is 11.8 Å². The second kappa shape index (κ2) is 16.8. The molecule has 0 aromatic carbocycles. The first-order valence-electron chi connectivity index (χ1n) is 14.6. The zero-order chi connectivity index (χ0) is 40.0. The highest BCUT2D eigenvalue weighted by atomic mass is 32.2. The number of alkyl halides is 17. The lowest BCUT2D eigenvalue weighted by molar-refractivity contribution is -0.867. The Labute approximate surface area is 280 Å². The summed E-state index contributed by atoms with van der Waals surface area (Å²) in [5.74, 6) is -59.9. The molecule has 0 heterocycles. The monoisotopic (exact) mass is 794 g/mol. The first-order chi connectivity index (χ1) is 22.1. The van der Waals surface area contributed by atoms with Crippen molar-refractivity contribution in [3.05, 3.63) is 0 Å². The maximum atomic E-state index is 14.2. The molecule has 0 aromatic rings. The molecule has 0 saturated carbocycles. The van der Waals surface area contributed by atoms with Crippen molar-refractivity contribution >= 4 is 23.7 Å². The summed E-state index contributed by atoms with van der Waals surface area (Å²) in [7, 11) is 5.09. The van der Waals surface area contributed by atoms with Crippen molar-refractivity contribution in [2.24, 2.45) is 5.92 Å². The minimum absolute atomic E-state index is 0.0619. The molecule has 0 bridgehead atoms. The van der Waals surface area contributed by atoms with E-state index in [1.165, 1.54) is 0 Å². The van der Waals surface area contributed by atoms with E-state index in [-0.39, 0.29) is 22.8 Å². The first-order valence-corrected chi connectivity index (χ1v) is 15.6. The van der Waals surface area contributed by atoms with Gasteiger partial charge in [0.05, 0.1) is 53.7 Å². The number of carbonyl (C=O) groups excluding carboxylic acids is 2. The average Bonchev–Trinajstić information content (AvgIpc) is 2.94. The second-order valence-electron chi connectivity index (χ2n) is 12.2. The van der Waals surface area contributed by atoms with Crippen LogP contribution in [0.5, 0.6) is 0 Å². The Morgan fingerprint density at radius 2 is 1.14 bits per heavy atom. The topological polar surface area (TPSA) is 52.6 Å². The van der Waals surface area contributed by atoms with Crippen LogP contribution < -0.4 is 0 Å². The fourth-order valence-electron chi connectivity index (χ4n) is 3.72. The van der Waals surface area contributed by atoms with Gasteiger partial charge in [0.2, 0.25) is 0 Å². The zero-order valence-corrected chi connectivity index (χ0v) is 28.0. The number of quaternary nitrogens is 1. The summed E-state index contributed by atoms with van der Waals surface area (Å²) in [6.07, 6.45) is -8.67. The smallest absolute Gasteiger partial charge is 0.460 e. The fraction of sp³-hybridized carbons (Fsp3) is 0.926. The van der Waals surface area contributed by atoms with Gasteiger partial charge in [-0.2, -0.15) is 74.6 Å². The van der Waals surface area contributed by atoms with Gasteiger partial charge in [0, 0.05) is 5.75 Å². The van der Waals surface area contributed by atoms with Crippen molar-refractivity contribution in [1.82, 2.24) is 0 Å². The molecule has 0 radical (unpaired) electrons. The Morgan fingerprint density at radius 3 is 1.56 bits per heavy atom. The van der Waals surface area contributed by atoms with Gasteiger partial charge in [-0.25, -0.2) is 0 Å². The normalized spacial score (nSPS) is 15.9. The number of ether oxygens (including phenoxy) is 2. The maximum Gasteiger partial charge on any atom is 0.460 e. The van der Waals surface area contributed by atoms with Gasteiger partial charge in [0.15, 0.2) is 0 Å². The molecule has 0 aliphatic carbocycles. The van der Waals surface area contributed by atoms with Crippen LogP contribution in [0.4, 0.5) is 74.6 Å². The van der Waals surface area contributed by atoms with Crippen LogP contribution in [0.15, 0.2) is 0 Å². The van der Waals surface area contributed by atoms with Gasteiger partial charge in [-0.05, 0) is 12.3 Å². The lowest BCUT2D eigenvalue weighted by atomic mass is 9.88. The maximum absolute atomic E-state index is 14.2. The number of esters is 2. The molecular weight excluding hydrogens is 757 g/mol. The zero-order valence-electron chi connectivity index (χ0n) is 27.1. The van der Waals surface area contributed by atoms with Gasteiger partial charge >= 0.3 is 59.6 Å². The Balaban J connectivity index is 6.05. The first kappa shape index (κ1) is 48.1. The molecule has 0 aliphatic rings. The molecule has 298 valence electrons. The van der Waals surface area contributed by atoms with E-state index in [4.69, 9.17) is 4.74 Å². The summed E-state index contributed by atoms with van der Waals surface area (Å²) < 4.78 is 239. The summed E-state index contributed by atoms with van der Waals surface area (Å²) in [6, 6.07) is 0. The highest BCUT2D eigenvalue weighted by molar-refractivity contribution is 8.00. The van der Waals surface area contributed by atoms with E-state index in [2.05, 4.69) is 4.74 Å².